The number of carbonyl (C=O) groups is 1. The van der Waals surface area contributed by atoms with Crippen molar-refractivity contribution in [2.45, 2.75) is 33.1 Å². The summed E-state index contributed by atoms with van der Waals surface area (Å²) in [6, 6.07) is 10.3. The Morgan fingerprint density at radius 1 is 1.23 bits per heavy atom. The minimum absolute atomic E-state index is 0. The Hall–Kier alpha value is -1.06. The Balaban J connectivity index is 0.00000242. The molecule has 1 aliphatic heterocycles. The molecule has 3 nitrogen and oxygen atoms in total. The molecule has 1 saturated heterocycles. The summed E-state index contributed by atoms with van der Waals surface area (Å²) in [5, 5.41) is 3.24. The zero-order chi connectivity index (χ0) is 15.3. The van der Waals surface area contributed by atoms with Crippen LogP contribution in [0.1, 0.15) is 32.3 Å². The van der Waals surface area contributed by atoms with Gasteiger partial charge in [-0.25, -0.2) is 0 Å². The standard InChI is InChI=1S/C18H28N2O.ClH/c1-18(2,13-15-7-5-4-6-8-15)17(21)20-11-9-16(10-12-20)14-19-3;/h4-8,16,19H,9-14H2,1-3H3;1H. The van der Waals surface area contributed by atoms with E-state index in [0.717, 1.165) is 44.8 Å². The number of rotatable bonds is 5. The molecule has 4 heteroatoms. The molecule has 1 amide bonds. The average Bonchev–Trinajstić information content (AvgIpc) is 2.48. The number of nitrogens with one attached hydrogen (secondary N) is 1. The summed E-state index contributed by atoms with van der Waals surface area (Å²) in [7, 11) is 2.00. The zero-order valence-electron chi connectivity index (χ0n) is 14.0. The number of nitrogens with zero attached hydrogens (tertiary/aromatic N) is 1. The van der Waals surface area contributed by atoms with E-state index in [0.29, 0.717) is 5.91 Å². The highest BCUT2D eigenvalue weighted by Gasteiger charge is 2.33. The van der Waals surface area contributed by atoms with Crippen LogP contribution in [0.3, 0.4) is 0 Å². The number of piperidine rings is 1. The van der Waals surface area contributed by atoms with Crippen molar-refractivity contribution in [1.29, 1.82) is 0 Å². The summed E-state index contributed by atoms with van der Waals surface area (Å²) >= 11 is 0. The Kier molecular flexibility index (Phi) is 7.37. The van der Waals surface area contributed by atoms with Crippen LogP contribution in [-0.2, 0) is 11.2 Å². The molecule has 0 saturated carbocycles. The predicted octanol–water partition coefficient (Wildman–Crippen LogP) is 3.14. The van der Waals surface area contributed by atoms with Gasteiger partial charge in [0.05, 0.1) is 0 Å². The van der Waals surface area contributed by atoms with Gasteiger partial charge < -0.3 is 10.2 Å². The lowest BCUT2D eigenvalue weighted by Gasteiger charge is -2.37. The van der Waals surface area contributed by atoms with E-state index in [4.69, 9.17) is 0 Å². The lowest BCUT2D eigenvalue weighted by atomic mass is 9.83. The molecule has 0 bridgehead atoms. The van der Waals surface area contributed by atoms with Crippen molar-refractivity contribution in [2.75, 3.05) is 26.7 Å². The first-order valence-electron chi connectivity index (χ1n) is 8.01. The summed E-state index contributed by atoms with van der Waals surface area (Å²) in [6.07, 6.45) is 3.05. The van der Waals surface area contributed by atoms with Crippen LogP contribution in [0, 0.1) is 11.3 Å². The van der Waals surface area contributed by atoms with Gasteiger partial charge >= 0.3 is 0 Å². The van der Waals surface area contributed by atoms with E-state index in [1.807, 2.05) is 25.2 Å². The van der Waals surface area contributed by atoms with Gasteiger partial charge in [-0.3, -0.25) is 4.79 Å². The quantitative estimate of drug-likeness (QED) is 0.902. The zero-order valence-corrected chi connectivity index (χ0v) is 14.8. The highest BCUT2D eigenvalue weighted by Crippen LogP contribution is 2.27. The molecule has 1 aliphatic rings. The van der Waals surface area contributed by atoms with Gasteiger partial charge in [0.15, 0.2) is 0 Å². The second-order valence-corrected chi connectivity index (χ2v) is 6.84. The van der Waals surface area contributed by atoms with Crippen molar-refractivity contribution < 1.29 is 4.79 Å². The molecule has 0 unspecified atom stereocenters. The van der Waals surface area contributed by atoms with Crippen LogP contribution in [0.15, 0.2) is 30.3 Å². The maximum Gasteiger partial charge on any atom is 0.228 e. The molecule has 0 aliphatic carbocycles. The van der Waals surface area contributed by atoms with Crippen molar-refractivity contribution in [2.24, 2.45) is 11.3 Å². The van der Waals surface area contributed by atoms with Crippen LogP contribution in [0.4, 0.5) is 0 Å². The van der Waals surface area contributed by atoms with Gasteiger partial charge in [0.2, 0.25) is 5.91 Å². The molecule has 22 heavy (non-hydrogen) atoms. The summed E-state index contributed by atoms with van der Waals surface area (Å²) in [5.41, 5.74) is 0.915. The number of benzene rings is 1. The number of likely N-dealkylation sites (tertiary alicyclic amines) is 1. The molecule has 1 aromatic rings. The van der Waals surface area contributed by atoms with Crippen molar-refractivity contribution in [3.63, 3.8) is 0 Å². The monoisotopic (exact) mass is 324 g/mol. The van der Waals surface area contributed by atoms with Gasteiger partial charge in [-0.05, 0) is 44.3 Å². The van der Waals surface area contributed by atoms with Crippen molar-refractivity contribution in [3.05, 3.63) is 35.9 Å². The van der Waals surface area contributed by atoms with E-state index in [9.17, 15) is 4.79 Å². The average molecular weight is 325 g/mol. The Morgan fingerprint density at radius 2 is 1.82 bits per heavy atom. The Bertz CT molecular complexity index is 453. The van der Waals surface area contributed by atoms with Gasteiger partial charge in [0.1, 0.15) is 0 Å². The van der Waals surface area contributed by atoms with Crippen LogP contribution in [0.25, 0.3) is 0 Å². The van der Waals surface area contributed by atoms with Gasteiger partial charge in [0, 0.05) is 18.5 Å². The number of halogens is 1. The smallest absolute Gasteiger partial charge is 0.228 e. The molecule has 0 aromatic heterocycles. The van der Waals surface area contributed by atoms with Crippen molar-refractivity contribution in [3.8, 4) is 0 Å². The van der Waals surface area contributed by atoms with Crippen LogP contribution in [0.2, 0.25) is 0 Å². The van der Waals surface area contributed by atoms with E-state index in [1.165, 1.54) is 5.56 Å². The van der Waals surface area contributed by atoms with Crippen LogP contribution < -0.4 is 5.32 Å². The third-order valence-corrected chi connectivity index (χ3v) is 4.46. The summed E-state index contributed by atoms with van der Waals surface area (Å²) in [6.45, 7) is 7.02. The molecule has 2 rings (SSSR count). The van der Waals surface area contributed by atoms with E-state index >= 15 is 0 Å². The molecular weight excluding hydrogens is 296 g/mol. The predicted molar refractivity (Wildman–Crippen MR) is 94.4 cm³/mol. The Morgan fingerprint density at radius 3 is 2.36 bits per heavy atom. The number of amides is 1. The third kappa shape index (κ3) is 4.99. The van der Waals surface area contributed by atoms with Crippen molar-refractivity contribution in [1.82, 2.24) is 10.2 Å². The largest absolute Gasteiger partial charge is 0.342 e. The first-order chi connectivity index (χ1) is 10.0. The summed E-state index contributed by atoms with van der Waals surface area (Å²) in [5.74, 6) is 1.02. The van der Waals surface area contributed by atoms with Crippen LogP contribution in [0.5, 0.6) is 0 Å². The highest BCUT2D eigenvalue weighted by atomic mass is 35.5. The van der Waals surface area contributed by atoms with Crippen LogP contribution >= 0.6 is 12.4 Å². The molecule has 0 spiro atoms. The molecule has 1 heterocycles. The maximum atomic E-state index is 12.8. The number of hydrogen-bond donors (Lipinski definition) is 1. The van der Waals surface area contributed by atoms with E-state index in [2.05, 4.69) is 36.2 Å². The van der Waals surface area contributed by atoms with Gasteiger partial charge in [-0.1, -0.05) is 44.2 Å². The van der Waals surface area contributed by atoms with E-state index < -0.39 is 0 Å². The molecule has 124 valence electrons. The lowest BCUT2D eigenvalue weighted by molar-refractivity contribution is -0.141. The van der Waals surface area contributed by atoms with Gasteiger partial charge in [0.25, 0.3) is 0 Å². The SMILES string of the molecule is CNCC1CCN(C(=O)C(C)(C)Cc2ccccc2)CC1.Cl. The first-order valence-corrected chi connectivity index (χ1v) is 8.01. The molecule has 1 fully saturated rings. The van der Waals surface area contributed by atoms with Gasteiger partial charge in [-0.15, -0.1) is 12.4 Å². The molecule has 0 atom stereocenters. The van der Waals surface area contributed by atoms with E-state index in [1.54, 1.807) is 0 Å². The fourth-order valence-electron chi connectivity index (χ4n) is 3.24. The summed E-state index contributed by atoms with van der Waals surface area (Å²) in [4.78, 5) is 14.9. The van der Waals surface area contributed by atoms with Crippen molar-refractivity contribution >= 4 is 18.3 Å². The van der Waals surface area contributed by atoms with E-state index in [-0.39, 0.29) is 17.8 Å². The highest BCUT2D eigenvalue weighted by molar-refractivity contribution is 5.85. The van der Waals surface area contributed by atoms with Gasteiger partial charge in [-0.2, -0.15) is 0 Å². The first kappa shape index (κ1) is 19.0. The number of hydrogen-bond acceptors (Lipinski definition) is 2. The number of carbonyl (C=O) groups excluding carboxylic acids is 1. The molecule has 0 radical (unpaired) electrons. The molecule has 1 N–H and O–H groups in total. The fraction of sp³-hybridized carbons (Fsp3) is 0.611. The Labute approximate surface area is 140 Å². The topological polar surface area (TPSA) is 32.3 Å². The third-order valence-electron chi connectivity index (χ3n) is 4.46. The molecular formula is C18H29ClN2O. The fourth-order valence-corrected chi connectivity index (χ4v) is 3.24. The normalized spacial score (nSPS) is 16.2. The second kappa shape index (κ2) is 8.54. The summed E-state index contributed by atoms with van der Waals surface area (Å²) < 4.78 is 0. The second-order valence-electron chi connectivity index (χ2n) is 6.84. The maximum absolute atomic E-state index is 12.8. The lowest BCUT2D eigenvalue weighted by Crippen LogP contribution is -2.46. The minimum Gasteiger partial charge on any atom is -0.342 e. The minimum atomic E-state index is -0.322. The molecule has 1 aromatic carbocycles. The van der Waals surface area contributed by atoms with Crippen LogP contribution in [-0.4, -0.2) is 37.5 Å².